The van der Waals surface area contributed by atoms with Crippen molar-refractivity contribution in [3.05, 3.63) is 59.7 Å². The molecule has 0 aliphatic rings. The Morgan fingerprint density at radius 1 is 1.06 bits per heavy atom. The predicted octanol–water partition coefficient (Wildman–Crippen LogP) is 2.95. The molecule has 94 valence electrons. The van der Waals surface area contributed by atoms with Crippen LogP contribution >= 0.6 is 0 Å². The molecule has 0 heterocycles. The largest absolute Gasteiger partial charge is 0.326 e. The third-order valence-corrected chi connectivity index (χ3v) is 2.54. The molecule has 0 bridgehead atoms. The minimum atomic E-state index is -0.469. The summed E-state index contributed by atoms with van der Waals surface area (Å²) in [5.41, 5.74) is 6.49. The molecule has 2 aromatic rings. The van der Waals surface area contributed by atoms with Crippen LogP contribution in [0.25, 0.3) is 0 Å². The maximum Gasteiger partial charge on any atom is 0.125 e. The van der Waals surface area contributed by atoms with Crippen LogP contribution in [-0.2, 0) is 6.54 Å². The minimum absolute atomic E-state index is 0.0689. The zero-order valence-corrected chi connectivity index (χ0v) is 9.48. The van der Waals surface area contributed by atoms with Crippen LogP contribution in [-0.4, -0.2) is 5.21 Å². The van der Waals surface area contributed by atoms with Gasteiger partial charge >= 0.3 is 0 Å². The van der Waals surface area contributed by atoms with Crippen LogP contribution in [0.5, 0.6) is 0 Å². The average molecular weight is 250 g/mol. The fourth-order valence-corrected chi connectivity index (χ4v) is 1.67. The van der Waals surface area contributed by atoms with E-state index < -0.39 is 11.6 Å². The van der Waals surface area contributed by atoms with Gasteiger partial charge in [-0.15, -0.1) is 0 Å². The van der Waals surface area contributed by atoms with Crippen LogP contribution < -0.4 is 10.8 Å². The number of halogens is 2. The summed E-state index contributed by atoms with van der Waals surface area (Å²) in [6, 6.07) is 9.28. The first-order valence-electron chi connectivity index (χ1n) is 5.35. The van der Waals surface area contributed by atoms with Crippen molar-refractivity contribution in [3.8, 4) is 0 Å². The molecule has 0 aromatic heterocycles. The fourth-order valence-electron chi connectivity index (χ4n) is 1.67. The Hall–Kier alpha value is -1.98. The topological polar surface area (TPSA) is 49.5 Å². The van der Waals surface area contributed by atoms with E-state index in [9.17, 15) is 14.0 Å². The van der Waals surface area contributed by atoms with E-state index in [1.807, 2.05) is 0 Å². The SMILES string of the molecule is NCc1cc(F)ccc1N(O)c1cccc(F)c1. The lowest BCUT2D eigenvalue weighted by molar-refractivity contribution is 0.299. The molecule has 0 unspecified atom stereocenters. The molecular formula is C13H12F2N2O. The first-order chi connectivity index (χ1) is 8.61. The van der Waals surface area contributed by atoms with Gasteiger partial charge in [0.05, 0.1) is 11.4 Å². The molecule has 0 radical (unpaired) electrons. The van der Waals surface area contributed by atoms with E-state index in [0.717, 1.165) is 5.06 Å². The lowest BCUT2D eigenvalue weighted by Gasteiger charge is -2.20. The zero-order valence-electron chi connectivity index (χ0n) is 9.48. The second kappa shape index (κ2) is 5.12. The summed E-state index contributed by atoms with van der Waals surface area (Å²) < 4.78 is 26.1. The summed E-state index contributed by atoms with van der Waals surface area (Å²) in [7, 11) is 0. The molecule has 0 aliphatic carbocycles. The van der Waals surface area contributed by atoms with Crippen molar-refractivity contribution in [2.45, 2.75) is 6.54 Å². The van der Waals surface area contributed by atoms with Crippen LogP contribution in [0, 0.1) is 11.6 Å². The number of rotatable bonds is 3. The van der Waals surface area contributed by atoms with Crippen LogP contribution in [0.15, 0.2) is 42.5 Å². The Balaban J connectivity index is 2.42. The first-order valence-corrected chi connectivity index (χ1v) is 5.35. The predicted molar refractivity (Wildman–Crippen MR) is 64.6 cm³/mol. The van der Waals surface area contributed by atoms with Crippen molar-refractivity contribution in [3.63, 3.8) is 0 Å². The van der Waals surface area contributed by atoms with Crippen LogP contribution in [0.4, 0.5) is 20.2 Å². The molecule has 3 nitrogen and oxygen atoms in total. The smallest absolute Gasteiger partial charge is 0.125 e. The molecule has 0 atom stereocenters. The van der Waals surface area contributed by atoms with Crippen LogP contribution in [0.1, 0.15) is 5.56 Å². The molecule has 0 saturated carbocycles. The standard InChI is InChI=1S/C13H12F2N2O/c14-10-2-1-3-12(7-10)17(18)13-5-4-11(15)6-9(13)8-16/h1-7,18H,8,16H2. The van der Waals surface area contributed by atoms with Crippen molar-refractivity contribution in [1.82, 2.24) is 0 Å². The van der Waals surface area contributed by atoms with E-state index in [2.05, 4.69) is 0 Å². The van der Waals surface area contributed by atoms with Crippen molar-refractivity contribution in [2.24, 2.45) is 5.73 Å². The molecular weight excluding hydrogens is 238 g/mol. The van der Waals surface area contributed by atoms with Crippen molar-refractivity contribution in [2.75, 3.05) is 5.06 Å². The normalized spacial score (nSPS) is 10.4. The van der Waals surface area contributed by atoms with Crippen molar-refractivity contribution in [1.29, 1.82) is 0 Å². The van der Waals surface area contributed by atoms with Gasteiger partial charge in [0, 0.05) is 6.54 Å². The van der Waals surface area contributed by atoms with Gasteiger partial charge in [-0.25, -0.2) is 13.8 Å². The first kappa shape index (κ1) is 12.5. The quantitative estimate of drug-likeness (QED) is 0.823. The second-order valence-corrected chi connectivity index (χ2v) is 3.77. The van der Waals surface area contributed by atoms with Gasteiger partial charge in [0.15, 0.2) is 0 Å². The molecule has 18 heavy (non-hydrogen) atoms. The van der Waals surface area contributed by atoms with E-state index >= 15 is 0 Å². The van der Waals surface area contributed by atoms with Gasteiger partial charge in [-0.05, 0) is 42.0 Å². The highest BCUT2D eigenvalue weighted by Crippen LogP contribution is 2.27. The van der Waals surface area contributed by atoms with Gasteiger partial charge in [0.2, 0.25) is 0 Å². The summed E-state index contributed by atoms with van der Waals surface area (Å²) in [4.78, 5) is 0. The van der Waals surface area contributed by atoms with Crippen molar-refractivity contribution < 1.29 is 14.0 Å². The highest BCUT2D eigenvalue weighted by Gasteiger charge is 2.11. The summed E-state index contributed by atoms with van der Waals surface area (Å²) in [5, 5.41) is 10.8. The molecule has 0 spiro atoms. The maximum absolute atomic E-state index is 13.1. The fraction of sp³-hybridized carbons (Fsp3) is 0.0769. The van der Waals surface area contributed by atoms with Gasteiger partial charge in [-0.2, -0.15) is 0 Å². The molecule has 2 rings (SSSR count). The summed E-state index contributed by atoms with van der Waals surface area (Å²) in [6.07, 6.45) is 0. The number of hydrogen-bond acceptors (Lipinski definition) is 3. The van der Waals surface area contributed by atoms with Crippen LogP contribution in [0.3, 0.4) is 0 Å². The molecule has 0 amide bonds. The molecule has 0 fully saturated rings. The Bertz CT molecular complexity index is 560. The maximum atomic E-state index is 13.1. The number of anilines is 2. The summed E-state index contributed by atoms with van der Waals surface area (Å²) in [5.74, 6) is -0.908. The number of nitrogens with two attached hydrogens (primary N) is 1. The number of benzene rings is 2. The van der Waals surface area contributed by atoms with E-state index in [0.29, 0.717) is 11.3 Å². The number of nitrogens with zero attached hydrogens (tertiary/aromatic N) is 1. The number of hydrogen-bond donors (Lipinski definition) is 2. The molecule has 2 aromatic carbocycles. The Labute approximate surface area is 103 Å². The second-order valence-electron chi connectivity index (χ2n) is 3.77. The third-order valence-electron chi connectivity index (χ3n) is 2.54. The Morgan fingerprint density at radius 2 is 1.78 bits per heavy atom. The highest BCUT2D eigenvalue weighted by atomic mass is 19.1. The molecule has 5 heteroatoms. The Kier molecular flexibility index (Phi) is 3.55. The van der Waals surface area contributed by atoms with Gasteiger partial charge in [-0.1, -0.05) is 6.07 Å². The third kappa shape index (κ3) is 2.47. The van der Waals surface area contributed by atoms with Gasteiger partial charge in [0.25, 0.3) is 0 Å². The molecule has 3 N–H and O–H groups in total. The average Bonchev–Trinajstić information content (AvgIpc) is 2.37. The summed E-state index contributed by atoms with van der Waals surface area (Å²) in [6.45, 7) is 0.0689. The summed E-state index contributed by atoms with van der Waals surface area (Å²) >= 11 is 0. The van der Waals surface area contributed by atoms with E-state index in [1.165, 1.54) is 42.5 Å². The van der Waals surface area contributed by atoms with E-state index in [1.54, 1.807) is 0 Å². The van der Waals surface area contributed by atoms with Gasteiger partial charge in [0.1, 0.15) is 11.6 Å². The lowest BCUT2D eigenvalue weighted by atomic mass is 10.1. The van der Waals surface area contributed by atoms with E-state index in [-0.39, 0.29) is 12.2 Å². The zero-order chi connectivity index (χ0) is 13.1. The Morgan fingerprint density at radius 3 is 2.44 bits per heavy atom. The highest BCUT2D eigenvalue weighted by molar-refractivity contribution is 5.63. The molecule has 0 aliphatic heterocycles. The van der Waals surface area contributed by atoms with Crippen molar-refractivity contribution >= 4 is 11.4 Å². The monoisotopic (exact) mass is 250 g/mol. The van der Waals surface area contributed by atoms with Crippen LogP contribution in [0.2, 0.25) is 0 Å². The van der Waals surface area contributed by atoms with Gasteiger partial charge < -0.3 is 5.73 Å². The molecule has 0 saturated heterocycles. The lowest BCUT2D eigenvalue weighted by Crippen LogP contribution is -2.14. The van der Waals surface area contributed by atoms with E-state index in [4.69, 9.17) is 5.73 Å². The minimum Gasteiger partial charge on any atom is -0.326 e. The van der Waals surface area contributed by atoms with Gasteiger partial charge in [-0.3, -0.25) is 5.21 Å².